The quantitative estimate of drug-likeness (QED) is 0.547. The summed E-state index contributed by atoms with van der Waals surface area (Å²) < 4.78 is 2.21. The molecular formula is C27H33N3O3S. The summed E-state index contributed by atoms with van der Waals surface area (Å²) in [5, 5.41) is -0.376. The summed E-state index contributed by atoms with van der Waals surface area (Å²) in [5.41, 5.74) is 7.74. The van der Waals surface area contributed by atoms with Crippen LogP contribution in [0.25, 0.3) is 11.8 Å². The van der Waals surface area contributed by atoms with Crippen LogP contribution in [0.3, 0.4) is 0 Å². The summed E-state index contributed by atoms with van der Waals surface area (Å²) in [4.78, 5) is 41.7. The highest BCUT2D eigenvalue weighted by Crippen LogP contribution is 2.34. The largest absolute Gasteiger partial charge is 0.341 e. The van der Waals surface area contributed by atoms with Gasteiger partial charge in [-0.1, -0.05) is 30.5 Å². The molecule has 3 amide bonds. The van der Waals surface area contributed by atoms with Gasteiger partial charge in [-0.25, -0.2) is 0 Å². The number of aryl methyl sites for hydroxylation is 4. The van der Waals surface area contributed by atoms with Gasteiger partial charge in [-0.2, -0.15) is 0 Å². The third-order valence-corrected chi connectivity index (χ3v) is 7.65. The lowest BCUT2D eigenvalue weighted by atomic mass is 10.0. The smallest absolute Gasteiger partial charge is 0.294 e. The fraction of sp³-hybridized carbons (Fsp3) is 0.444. The third kappa shape index (κ3) is 4.71. The van der Waals surface area contributed by atoms with Crippen molar-refractivity contribution in [2.45, 2.75) is 60.3 Å². The van der Waals surface area contributed by atoms with E-state index >= 15 is 0 Å². The number of nitrogens with zero attached hydrogens (tertiary/aromatic N) is 3. The molecule has 3 heterocycles. The molecule has 0 saturated carbocycles. The highest BCUT2D eigenvalue weighted by molar-refractivity contribution is 8.18. The molecule has 6 nitrogen and oxygen atoms in total. The minimum atomic E-state index is -0.384. The van der Waals surface area contributed by atoms with Crippen molar-refractivity contribution < 1.29 is 14.4 Å². The predicted molar refractivity (Wildman–Crippen MR) is 137 cm³/mol. The van der Waals surface area contributed by atoms with Crippen LogP contribution in [0.15, 0.2) is 23.1 Å². The Morgan fingerprint density at radius 3 is 2.18 bits per heavy atom. The van der Waals surface area contributed by atoms with Crippen LogP contribution in [0.5, 0.6) is 0 Å². The zero-order valence-corrected chi connectivity index (χ0v) is 21.6. The molecule has 2 aromatic rings. The number of aromatic nitrogens is 1. The van der Waals surface area contributed by atoms with E-state index in [1.165, 1.54) is 16.7 Å². The van der Waals surface area contributed by atoms with Crippen LogP contribution in [-0.4, -0.2) is 51.1 Å². The van der Waals surface area contributed by atoms with E-state index in [1.54, 1.807) is 11.0 Å². The molecule has 2 saturated heterocycles. The molecule has 1 aromatic heterocycles. The van der Waals surface area contributed by atoms with Gasteiger partial charge in [0.1, 0.15) is 6.54 Å². The average molecular weight is 480 g/mol. The molecule has 4 rings (SSSR count). The van der Waals surface area contributed by atoms with Crippen molar-refractivity contribution >= 4 is 34.9 Å². The van der Waals surface area contributed by atoms with Gasteiger partial charge in [0, 0.05) is 24.5 Å². The Hall–Kier alpha value is -2.80. The van der Waals surface area contributed by atoms with Gasteiger partial charge >= 0.3 is 0 Å². The van der Waals surface area contributed by atoms with Crippen LogP contribution in [0.2, 0.25) is 0 Å². The molecule has 1 aromatic carbocycles. The lowest BCUT2D eigenvalue weighted by molar-refractivity contribution is -0.135. The number of imide groups is 1. The van der Waals surface area contributed by atoms with Gasteiger partial charge in [-0.05, 0) is 88.1 Å². The molecule has 0 bridgehead atoms. The molecule has 0 spiro atoms. The third-order valence-electron chi connectivity index (χ3n) is 6.74. The van der Waals surface area contributed by atoms with E-state index in [-0.39, 0.29) is 23.6 Å². The first-order chi connectivity index (χ1) is 16.2. The van der Waals surface area contributed by atoms with E-state index < -0.39 is 0 Å². The summed E-state index contributed by atoms with van der Waals surface area (Å²) >= 11 is 0.916. The topological polar surface area (TPSA) is 62.6 Å². The van der Waals surface area contributed by atoms with E-state index in [2.05, 4.69) is 44.4 Å². The first kappa shape index (κ1) is 24.3. The Morgan fingerprint density at radius 2 is 1.56 bits per heavy atom. The van der Waals surface area contributed by atoms with Crippen molar-refractivity contribution in [2.75, 3.05) is 19.6 Å². The molecule has 34 heavy (non-hydrogen) atoms. The standard InChI is InChI=1S/C27H33N3O3S/c1-17-12-18(2)25(19(3)13-17)30-20(4)14-22(21(30)5)15-23-26(32)29(27(33)34-23)16-24(31)28-10-8-6-7-9-11-28/h12-15H,6-11,16H2,1-5H3. The zero-order valence-electron chi connectivity index (χ0n) is 20.7. The number of likely N-dealkylation sites (tertiary alicyclic amines) is 1. The molecule has 2 fully saturated rings. The fourth-order valence-electron chi connectivity index (χ4n) is 5.14. The summed E-state index contributed by atoms with van der Waals surface area (Å²) in [5.74, 6) is -0.528. The Kier molecular flexibility index (Phi) is 7.03. The molecule has 0 atom stereocenters. The monoisotopic (exact) mass is 479 g/mol. The molecule has 180 valence electrons. The van der Waals surface area contributed by atoms with Gasteiger partial charge in [0.2, 0.25) is 5.91 Å². The number of rotatable bonds is 4. The second kappa shape index (κ2) is 9.82. The van der Waals surface area contributed by atoms with E-state index in [1.807, 2.05) is 13.0 Å². The molecule has 2 aliphatic heterocycles. The van der Waals surface area contributed by atoms with E-state index in [0.29, 0.717) is 18.0 Å². The fourth-order valence-corrected chi connectivity index (χ4v) is 5.96. The average Bonchev–Trinajstić information content (AvgIpc) is 3.06. The van der Waals surface area contributed by atoms with Crippen LogP contribution in [0.4, 0.5) is 4.79 Å². The van der Waals surface area contributed by atoms with Gasteiger partial charge in [-0.15, -0.1) is 0 Å². The van der Waals surface area contributed by atoms with Gasteiger partial charge in [0.25, 0.3) is 11.1 Å². The number of amides is 3. The SMILES string of the molecule is Cc1cc(C)c(-n2c(C)cc(C=C3SC(=O)N(CC(=O)N4CCCCCC4)C3=O)c2C)c(C)c1. The first-order valence-corrected chi connectivity index (χ1v) is 12.8. The highest BCUT2D eigenvalue weighted by Gasteiger charge is 2.37. The molecule has 0 aliphatic carbocycles. The molecule has 0 N–H and O–H groups in total. The minimum Gasteiger partial charge on any atom is -0.341 e. The number of hydrogen-bond donors (Lipinski definition) is 0. The molecule has 0 unspecified atom stereocenters. The number of thioether (sulfide) groups is 1. The Bertz CT molecular complexity index is 1160. The Labute approximate surface area is 206 Å². The summed E-state index contributed by atoms with van der Waals surface area (Å²) in [6.07, 6.45) is 5.98. The summed E-state index contributed by atoms with van der Waals surface area (Å²) in [7, 11) is 0. The van der Waals surface area contributed by atoms with E-state index in [0.717, 1.165) is 65.0 Å². The number of benzene rings is 1. The molecule has 7 heteroatoms. The lowest BCUT2D eigenvalue weighted by Crippen LogP contribution is -2.42. The number of carbonyl (C=O) groups excluding carboxylic acids is 3. The van der Waals surface area contributed by atoms with Gasteiger partial charge in [0.05, 0.1) is 10.6 Å². The maximum absolute atomic E-state index is 13.1. The van der Waals surface area contributed by atoms with Gasteiger partial charge < -0.3 is 9.47 Å². The van der Waals surface area contributed by atoms with Gasteiger partial charge in [0.15, 0.2) is 0 Å². The van der Waals surface area contributed by atoms with Crippen molar-refractivity contribution in [3.8, 4) is 5.69 Å². The first-order valence-electron chi connectivity index (χ1n) is 12.0. The summed E-state index contributed by atoms with van der Waals surface area (Å²) in [6.45, 7) is 11.6. The maximum Gasteiger partial charge on any atom is 0.294 e. The number of carbonyl (C=O) groups is 3. The predicted octanol–water partition coefficient (Wildman–Crippen LogP) is 5.46. The van der Waals surface area contributed by atoms with Crippen molar-refractivity contribution in [1.29, 1.82) is 0 Å². The Balaban J connectivity index is 1.58. The number of hydrogen-bond acceptors (Lipinski definition) is 4. The second-order valence-electron chi connectivity index (χ2n) is 9.47. The highest BCUT2D eigenvalue weighted by atomic mass is 32.2. The minimum absolute atomic E-state index is 0.144. The van der Waals surface area contributed by atoms with Crippen molar-refractivity contribution in [3.05, 3.63) is 56.7 Å². The van der Waals surface area contributed by atoms with E-state index in [9.17, 15) is 14.4 Å². The summed E-state index contributed by atoms with van der Waals surface area (Å²) in [6, 6.07) is 6.39. The van der Waals surface area contributed by atoms with Crippen LogP contribution >= 0.6 is 11.8 Å². The van der Waals surface area contributed by atoms with Crippen LogP contribution in [0.1, 0.15) is 59.3 Å². The normalized spacial score (nSPS) is 18.2. The van der Waals surface area contributed by atoms with Crippen molar-refractivity contribution in [2.24, 2.45) is 0 Å². The zero-order chi connectivity index (χ0) is 24.6. The Morgan fingerprint density at radius 1 is 0.941 bits per heavy atom. The van der Waals surface area contributed by atoms with Crippen molar-refractivity contribution in [3.63, 3.8) is 0 Å². The molecule has 2 aliphatic rings. The van der Waals surface area contributed by atoms with Crippen LogP contribution in [0, 0.1) is 34.6 Å². The van der Waals surface area contributed by atoms with Gasteiger partial charge in [-0.3, -0.25) is 19.3 Å². The molecule has 0 radical (unpaired) electrons. The maximum atomic E-state index is 13.1. The lowest BCUT2D eigenvalue weighted by Gasteiger charge is -2.22. The van der Waals surface area contributed by atoms with E-state index in [4.69, 9.17) is 0 Å². The molecular weight excluding hydrogens is 446 g/mol. The second-order valence-corrected chi connectivity index (χ2v) is 10.5. The van der Waals surface area contributed by atoms with Crippen LogP contribution < -0.4 is 0 Å². The van der Waals surface area contributed by atoms with Crippen LogP contribution in [-0.2, 0) is 9.59 Å². The van der Waals surface area contributed by atoms with Crippen molar-refractivity contribution in [1.82, 2.24) is 14.4 Å².